The van der Waals surface area contributed by atoms with Gasteiger partial charge in [0.05, 0.1) is 0 Å². The Kier molecular flexibility index (Phi) is 11.6. The third-order valence-corrected chi connectivity index (χ3v) is 16.1. The lowest BCUT2D eigenvalue weighted by molar-refractivity contribution is 0.460. The zero-order chi connectivity index (χ0) is 24.0. The highest BCUT2D eigenvalue weighted by Crippen LogP contribution is 2.67. The summed E-state index contributed by atoms with van der Waals surface area (Å²) >= 11 is 0. The summed E-state index contributed by atoms with van der Waals surface area (Å²) in [5.74, 6) is 0. The van der Waals surface area contributed by atoms with Gasteiger partial charge < -0.3 is 0 Å². The topological polar surface area (TPSA) is 0 Å². The zero-order valence-electron chi connectivity index (χ0n) is 23.7. The predicted molar refractivity (Wildman–Crippen MR) is 154 cm³/mol. The van der Waals surface area contributed by atoms with E-state index < -0.39 is 0 Å². The number of hydrogen-bond acceptors (Lipinski definition) is 0. The summed E-state index contributed by atoms with van der Waals surface area (Å²) in [7, 11) is 0.401. The first-order valence-corrected chi connectivity index (χ1v) is 17.3. The van der Waals surface area contributed by atoms with Gasteiger partial charge in [0.25, 0.3) is 0 Å². The van der Waals surface area contributed by atoms with Crippen molar-refractivity contribution in [3.63, 3.8) is 0 Å². The molecule has 0 N–H and O–H groups in total. The zero-order valence-corrected chi connectivity index (χ0v) is 25.5. The Morgan fingerprint density at radius 2 is 0.594 bits per heavy atom. The van der Waals surface area contributed by atoms with Crippen LogP contribution in [-0.4, -0.2) is 32.4 Å². The lowest BCUT2D eigenvalue weighted by atomic mass is 9.99. The van der Waals surface area contributed by atoms with Crippen molar-refractivity contribution in [2.75, 3.05) is 0 Å². The van der Waals surface area contributed by atoms with Gasteiger partial charge in [-0.3, -0.25) is 0 Å². The van der Waals surface area contributed by atoms with E-state index in [2.05, 4.69) is 62.3 Å². The van der Waals surface area contributed by atoms with Crippen molar-refractivity contribution < 1.29 is 0 Å². The lowest BCUT2D eigenvalue weighted by Crippen LogP contribution is -2.34. The van der Waals surface area contributed by atoms with E-state index in [-0.39, 0.29) is 7.92 Å². The van der Waals surface area contributed by atoms with Crippen molar-refractivity contribution in [2.24, 2.45) is 0 Å². The molecule has 0 atom stereocenters. The van der Waals surface area contributed by atoms with Crippen LogP contribution in [0.15, 0.2) is 0 Å². The van der Waals surface area contributed by atoms with Crippen LogP contribution in [0.4, 0.5) is 0 Å². The van der Waals surface area contributed by atoms with Crippen LogP contribution in [0.5, 0.6) is 0 Å². The molecular weight excluding hydrogens is 422 g/mol. The van der Waals surface area contributed by atoms with Gasteiger partial charge >= 0.3 is 0 Å². The first kappa shape index (κ1) is 29.1. The average Bonchev–Trinajstić information content (AvgIpc) is 2.68. The van der Waals surface area contributed by atoms with Gasteiger partial charge in [-0.1, -0.05) is 136 Å². The van der Waals surface area contributed by atoms with E-state index in [1.54, 1.807) is 77.0 Å². The van der Waals surface area contributed by atoms with E-state index in [4.69, 9.17) is 0 Å². The lowest BCUT2D eigenvalue weighted by Gasteiger charge is -2.49. The highest BCUT2D eigenvalue weighted by atomic mass is 31.1. The van der Waals surface area contributed by atoms with Crippen molar-refractivity contribution in [2.45, 2.75) is 191 Å². The Morgan fingerprint density at radius 3 is 0.750 bits per heavy atom. The Morgan fingerprint density at radius 1 is 0.375 bits per heavy atom. The normalized spacial score (nSPS) is 23.3. The van der Waals surface area contributed by atoms with Gasteiger partial charge in [-0.05, 0) is 71.0 Å². The van der Waals surface area contributed by atoms with Gasteiger partial charge in [-0.2, -0.15) is 0 Å². The van der Waals surface area contributed by atoms with Crippen molar-refractivity contribution in [3.05, 3.63) is 0 Å². The van der Waals surface area contributed by atoms with E-state index in [0.717, 1.165) is 0 Å². The molecule has 32 heavy (non-hydrogen) atoms. The molecule has 0 bridgehead atoms. The van der Waals surface area contributed by atoms with Crippen molar-refractivity contribution in [1.82, 2.24) is 0 Å². The fourth-order valence-electron chi connectivity index (χ4n) is 8.05. The highest BCUT2D eigenvalue weighted by Gasteiger charge is 2.41. The molecule has 0 heterocycles. The molecule has 3 aliphatic carbocycles. The maximum absolute atomic E-state index is 2.38. The summed E-state index contributed by atoms with van der Waals surface area (Å²) in [6.07, 6.45) is 23.6. The first-order chi connectivity index (χ1) is 14.8. The maximum Gasteiger partial charge on any atom is -0.0170 e. The summed E-state index contributed by atoms with van der Waals surface area (Å²) in [6, 6.07) is 0. The average molecular weight is 483 g/mol. The molecule has 0 radical (unpaired) electrons. The molecule has 190 valence electrons. The molecule has 0 amide bonds. The third-order valence-electron chi connectivity index (χ3n) is 8.00. The Labute approximate surface area is 206 Å². The standard InChI is InChI=1S/C18H33P.C12H27P/c1-4-10-16(11-5-1)19(17-12-6-2-7-13-17)18-14-8-3-9-15-18;1-10(2,3)13(11(4,5)6)12(7,8)9/h16-18H,1-15H2;1-9H3. The number of hydrogen-bond donors (Lipinski definition) is 0. The summed E-state index contributed by atoms with van der Waals surface area (Å²) < 4.78 is 0. The van der Waals surface area contributed by atoms with Crippen LogP contribution in [-0.2, 0) is 0 Å². The monoisotopic (exact) mass is 482 g/mol. The van der Waals surface area contributed by atoms with E-state index in [9.17, 15) is 0 Å². The van der Waals surface area contributed by atoms with Gasteiger partial charge in [0.2, 0.25) is 0 Å². The second-order valence-electron chi connectivity index (χ2n) is 14.2. The second-order valence-corrected chi connectivity index (χ2v) is 22.0. The molecule has 0 aromatic rings. The molecule has 3 fully saturated rings. The Bertz CT molecular complexity index is 424. The van der Waals surface area contributed by atoms with Crippen LogP contribution >= 0.6 is 15.8 Å². The second kappa shape index (κ2) is 12.7. The fraction of sp³-hybridized carbons (Fsp3) is 1.00. The van der Waals surface area contributed by atoms with Gasteiger partial charge in [0.15, 0.2) is 0 Å². The summed E-state index contributed by atoms with van der Waals surface area (Å²) in [4.78, 5) is 0. The SMILES string of the molecule is C1CCC(P(C2CCCCC2)C2CCCCC2)CC1.CC(C)(C)P(C(C)(C)C)C(C)(C)C. The van der Waals surface area contributed by atoms with Crippen LogP contribution in [0.3, 0.4) is 0 Å². The summed E-state index contributed by atoms with van der Waals surface area (Å²) in [5, 5.41) is 1.35. The van der Waals surface area contributed by atoms with Crippen LogP contribution in [0, 0.1) is 0 Å². The van der Waals surface area contributed by atoms with Crippen LogP contribution in [0.2, 0.25) is 0 Å². The summed E-state index contributed by atoms with van der Waals surface area (Å²) in [5.41, 5.74) is 3.57. The van der Waals surface area contributed by atoms with Crippen LogP contribution in [0.25, 0.3) is 0 Å². The Balaban J connectivity index is 0.000000247. The fourth-order valence-corrected chi connectivity index (χ4v) is 18.8. The van der Waals surface area contributed by atoms with E-state index in [0.29, 0.717) is 23.4 Å². The Hall–Kier alpha value is 0.860. The van der Waals surface area contributed by atoms with Crippen molar-refractivity contribution >= 4 is 15.8 Å². The van der Waals surface area contributed by atoms with Gasteiger partial charge in [-0.15, -0.1) is 0 Å². The minimum Gasteiger partial charge on any atom is -0.0971 e. The van der Waals surface area contributed by atoms with Crippen molar-refractivity contribution in [3.8, 4) is 0 Å². The van der Waals surface area contributed by atoms with Gasteiger partial charge in [-0.25, -0.2) is 0 Å². The van der Waals surface area contributed by atoms with Gasteiger partial charge in [0.1, 0.15) is 0 Å². The molecule has 0 nitrogen and oxygen atoms in total. The number of rotatable bonds is 3. The maximum atomic E-state index is 2.38. The molecule has 0 aromatic carbocycles. The van der Waals surface area contributed by atoms with Crippen LogP contribution in [0.1, 0.15) is 159 Å². The minimum atomic E-state index is 0.0162. The molecular formula is C30H60P2. The van der Waals surface area contributed by atoms with Crippen LogP contribution < -0.4 is 0 Å². The van der Waals surface area contributed by atoms with E-state index >= 15 is 0 Å². The van der Waals surface area contributed by atoms with Gasteiger partial charge in [0, 0.05) is 0 Å². The van der Waals surface area contributed by atoms with Crippen molar-refractivity contribution in [1.29, 1.82) is 0 Å². The molecule has 2 heteroatoms. The molecule has 0 aromatic heterocycles. The largest absolute Gasteiger partial charge is 0.0971 e. The molecule has 3 aliphatic rings. The third kappa shape index (κ3) is 9.14. The molecule has 3 rings (SSSR count). The molecule has 0 spiro atoms. The predicted octanol–water partition coefficient (Wildman–Crippen LogP) is 11.3. The molecule has 3 saturated carbocycles. The summed E-state index contributed by atoms with van der Waals surface area (Å²) in [6.45, 7) is 21.5. The minimum absolute atomic E-state index is 0.0162. The first-order valence-electron chi connectivity index (χ1n) is 14.4. The molecule has 0 aliphatic heterocycles. The molecule has 0 unspecified atom stereocenters. The quantitative estimate of drug-likeness (QED) is 0.351. The smallest absolute Gasteiger partial charge is 0.0170 e. The highest BCUT2D eigenvalue weighted by molar-refractivity contribution is 7.62. The van der Waals surface area contributed by atoms with E-state index in [1.807, 2.05) is 0 Å². The van der Waals surface area contributed by atoms with E-state index in [1.165, 1.54) is 36.2 Å². The molecule has 0 saturated heterocycles.